The number of thioether (sulfide) groups is 1. The smallest absolute Gasteiger partial charge is 0.321 e. The summed E-state index contributed by atoms with van der Waals surface area (Å²) in [5.41, 5.74) is 0.692. The van der Waals surface area contributed by atoms with E-state index in [4.69, 9.17) is 0 Å². The number of nitrogens with one attached hydrogen (secondary N) is 2. The molecule has 158 valence electrons. The molecule has 1 aromatic heterocycles. The lowest BCUT2D eigenvalue weighted by Crippen LogP contribution is -2.41. The highest BCUT2D eigenvalue weighted by Crippen LogP contribution is 2.26. The molecule has 0 bridgehead atoms. The van der Waals surface area contributed by atoms with Gasteiger partial charge in [0.2, 0.25) is 5.91 Å². The van der Waals surface area contributed by atoms with Gasteiger partial charge in [-0.15, -0.1) is 10.2 Å². The molecule has 0 spiro atoms. The summed E-state index contributed by atoms with van der Waals surface area (Å²) >= 11 is 1.16. The van der Waals surface area contributed by atoms with Crippen molar-refractivity contribution in [2.45, 2.75) is 32.0 Å². The monoisotopic (exact) mass is 422 g/mol. The Bertz CT molecular complexity index is 838. The summed E-state index contributed by atoms with van der Waals surface area (Å²) in [4.78, 5) is 25.8. The highest BCUT2D eigenvalue weighted by Gasteiger charge is 2.22. The Morgan fingerprint density at radius 1 is 1.17 bits per heavy atom. The van der Waals surface area contributed by atoms with Gasteiger partial charge >= 0.3 is 6.03 Å². The zero-order valence-corrected chi connectivity index (χ0v) is 18.1. The Morgan fingerprint density at radius 2 is 1.83 bits per heavy atom. The van der Waals surface area contributed by atoms with Gasteiger partial charge in [0.05, 0.1) is 11.8 Å². The van der Waals surface area contributed by atoms with Gasteiger partial charge in [0, 0.05) is 12.2 Å². The molecule has 8 nitrogen and oxygen atoms in total. The van der Waals surface area contributed by atoms with E-state index in [1.807, 2.05) is 39.8 Å². The number of urea groups is 1. The van der Waals surface area contributed by atoms with E-state index in [-0.39, 0.29) is 23.5 Å². The first-order valence-corrected chi connectivity index (χ1v) is 10.3. The van der Waals surface area contributed by atoms with Crippen molar-refractivity contribution < 1.29 is 14.0 Å². The highest BCUT2D eigenvalue weighted by molar-refractivity contribution is 7.99. The maximum atomic E-state index is 13.4. The van der Waals surface area contributed by atoms with E-state index in [1.165, 1.54) is 12.1 Å². The van der Waals surface area contributed by atoms with Crippen molar-refractivity contribution in [3.8, 4) is 5.69 Å². The number of carbonyl (C=O) groups excluding carboxylic acids is 2. The second kappa shape index (κ2) is 10.4. The van der Waals surface area contributed by atoms with Crippen LogP contribution in [0.15, 0.2) is 29.4 Å². The lowest BCUT2D eigenvalue weighted by molar-refractivity contribution is -0.117. The second-order valence-electron chi connectivity index (χ2n) is 7.23. The van der Waals surface area contributed by atoms with Gasteiger partial charge in [-0.25, -0.2) is 9.18 Å². The Balaban J connectivity index is 2.15. The highest BCUT2D eigenvalue weighted by atomic mass is 32.2. The first-order chi connectivity index (χ1) is 13.7. The van der Waals surface area contributed by atoms with Gasteiger partial charge < -0.3 is 5.32 Å². The van der Waals surface area contributed by atoms with Crippen molar-refractivity contribution in [1.29, 1.82) is 0 Å². The van der Waals surface area contributed by atoms with Gasteiger partial charge in [-0.1, -0.05) is 25.6 Å². The number of halogens is 1. The van der Waals surface area contributed by atoms with Crippen molar-refractivity contribution in [2.75, 3.05) is 26.4 Å². The van der Waals surface area contributed by atoms with Crippen LogP contribution in [0.4, 0.5) is 9.18 Å². The largest absolute Gasteiger partial charge is 0.338 e. The van der Waals surface area contributed by atoms with Crippen LogP contribution in [0.5, 0.6) is 0 Å². The molecule has 0 aliphatic carbocycles. The molecule has 2 N–H and O–H groups in total. The van der Waals surface area contributed by atoms with Crippen molar-refractivity contribution >= 4 is 23.7 Å². The van der Waals surface area contributed by atoms with E-state index in [0.29, 0.717) is 23.2 Å². The van der Waals surface area contributed by atoms with Crippen molar-refractivity contribution in [2.24, 2.45) is 5.92 Å². The molecule has 0 unspecified atom stereocenters. The Morgan fingerprint density at radius 3 is 2.41 bits per heavy atom. The molecule has 29 heavy (non-hydrogen) atoms. The van der Waals surface area contributed by atoms with Gasteiger partial charge in [-0.05, 0) is 51.2 Å². The minimum Gasteiger partial charge on any atom is -0.338 e. The number of rotatable bonds is 8. The molecule has 0 saturated carbocycles. The molecule has 0 saturated heterocycles. The number of hydrogen-bond acceptors (Lipinski definition) is 6. The third kappa shape index (κ3) is 6.53. The summed E-state index contributed by atoms with van der Waals surface area (Å²) < 4.78 is 15.2. The fraction of sp³-hybridized carbons (Fsp3) is 0.474. The van der Waals surface area contributed by atoms with Gasteiger partial charge in [0.1, 0.15) is 5.82 Å². The minimum atomic E-state index is -0.522. The van der Waals surface area contributed by atoms with E-state index < -0.39 is 11.9 Å². The SMILES string of the molecule is CC(C)CNC(=O)NC(=O)CSc1nnc([C@H](C)N(C)C)n1-c1ccc(F)cc1. The Labute approximate surface area is 174 Å². The summed E-state index contributed by atoms with van der Waals surface area (Å²) in [6, 6.07) is 5.41. The normalized spacial score (nSPS) is 12.3. The van der Waals surface area contributed by atoms with Crippen LogP contribution in [0.2, 0.25) is 0 Å². The number of nitrogens with zero attached hydrogens (tertiary/aromatic N) is 4. The minimum absolute atomic E-state index is 0.00915. The van der Waals surface area contributed by atoms with Gasteiger partial charge in [-0.2, -0.15) is 0 Å². The second-order valence-corrected chi connectivity index (χ2v) is 8.18. The summed E-state index contributed by atoms with van der Waals surface area (Å²) in [5.74, 6) is 0.165. The first kappa shape index (κ1) is 22.8. The molecule has 1 atom stereocenters. The molecule has 1 heterocycles. The predicted molar refractivity (Wildman–Crippen MR) is 111 cm³/mol. The summed E-state index contributed by atoms with van der Waals surface area (Å²) in [6.07, 6.45) is 0. The maximum Gasteiger partial charge on any atom is 0.321 e. The Kier molecular flexibility index (Phi) is 8.15. The van der Waals surface area contributed by atoms with E-state index in [2.05, 4.69) is 20.8 Å². The third-order valence-corrected chi connectivity index (χ3v) is 5.08. The number of hydrogen-bond donors (Lipinski definition) is 2. The van der Waals surface area contributed by atoms with E-state index in [9.17, 15) is 14.0 Å². The molecular formula is C19H27FN6O2S. The molecule has 0 radical (unpaired) electrons. The first-order valence-electron chi connectivity index (χ1n) is 9.27. The Hall–Kier alpha value is -2.46. The molecule has 3 amide bonds. The van der Waals surface area contributed by atoms with Crippen LogP contribution in [0.3, 0.4) is 0 Å². The van der Waals surface area contributed by atoms with E-state index >= 15 is 0 Å². The summed E-state index contributed by atoms with van der Waals surface area (Å²) in [6.45, 7) is 6.39. The lowest BCUT2D eigenvalue weighted by Gasteiger charge is -2.20. The molecule has 0 aliphatic rings. The number of aromatic nitrogens is 3. The van der Waals surface area contributed by atoms with Crippen LogP contribution in [-0.4, -0.2) is 58.0 Å². The molecular weight excluding hydrogens is 395 g/mol. The number of imide groups is 1. The average Bonchev–Trinajstić information content (AvgIpc) is 3.08. The van der Waals surface area contributed by atoms with Crippen molar-refractivity contribution in [3.05, 3.63) is 35.9 Å². The fourth-order valence-corrected chi connectivity index (χ4v) is 3.10. The van der Waals surface area contributed by atoms with Crippen LogP contribution in [-0.2, 0) is 4.79 Å². The van der Waals surface area contributed by atoms with Crippen LogP contribution >= 0.6 is 11.8 Å². The van der Waals surface area contributed by atoms with Gasteiger partial charge in [0.15, 0.2) is 11.0 Å². The molecule has 0 aliphatic heterocycles. The molecule has 1 aromatic carbocycles. The van der Waals surface area contributed by atoms with Crippen LogP contribution in [0.25, 0.3) is 5.69 Å². The van der Waals surface area contributed by atoms with Crippen molar-refractivity contribution in [3.63, 3.8) is 0 Å². The molecule has 2 aromatic rings. The van der Waals surface area contributed by atoms with Crippen LogP contribution < -0.4 is 10.6 Å². The predicted octanol–water partition coefficient (Wildman–Crippen LogP) is 2.60. The topological polar surface area (TPSA) is 92.2 Å². The van der Waals surface area contributed by atoms with Crippen LogP contribution in [0, 0.1) is 11.7 Å². The fourth-order valence-electron chi connectivity index (χ4n) is 2.34. The summed E-state index contributed by atoms with van der Waals surface area (Å²) in [5, 5.41) is 13.9. The number of amides is 3. The maximum absolute atomic E-state index is 13.4. The molecule has 10 heteroatoms. The number of benzene rings is 1. The standard InChI is InChI=1S/C19H27FN6O2S/c1-12(2)10-21-18(28)22-16(27)11-29-19-24-23-17(13(3)25(4)5)26(19)15-8-6-14(20)7-9-15/h6-9,12-13H,10-11H2,1-5H3,(H2,21,22,27,28)/t13-/m0/s1. The lowest BCUT2D eigenvalue weighted by atomic mass is 10.2. The quantitative estimate of drug-likeness (QED) is 0.636. The molecule has 2 rings (SSSR count). The van der Waals surface area contributed by atoms with Crippen molar-refractivity contribution in [1.82, 2.24) is 30.3 Å². The van der Waals surface area contributed by atoms with Crippen LogP contribution in [0.1, 0.15) is 32.6 Å². The zero-order chi connectivity index (χ0) is 21.6. The zero-order valence-electron chi connectivity index (χ0n) is 17.3. The third-order valence-electron chi connectivity index (χ3n) is 4.15. The van der Waals surface area contributed by atoms with Gasteiger partial charge in [-0.3, -0.25) is 19.6 Å². The molecule has 0 fully saturated rings. The number of carbonyl (C=O) groups is 2. The van der Waals surface area contributed by atoms with E-state index in [1.54, 1.807) is 16.7 Å². The average molecular weight is 423 g/mol. The van der Waals surface area contributed by atoms with Gasteiger partial charge in [0.25, 0.3) is 0 Å². The van der Waals surface area contributed by atoms with E-state index in [0.717, 1.165) is 11.8 Å². The summed E-state index contributed by atoms with van der Waals surface area (Å²) in [7, 11) is 3.84.